The first kappa shape index (κ1) is 16.6. The molecule has 2 aliphatic rings. The molecule has 0 amide bonds. The summed E-state index contributed by atoms with van der Waals surface area (Å²) in [6.07, 6.45) is 5.04. The van der Waals surface area contributed by atoms with E-state index in [0.717, 1.165) is 11.7 Å². The molecular weight excluding hydrogens is 383 g/mol. The lowest BCUT2D eigenvalue weighted by Gasteiger charge is -2.46. The quantitative estimate of drug-likeness (QED) is 0.402. The van der Waals surface area contributed by atoms with Crippen LogP contribution in [0.5, 0.6) is 5.75 Å². The summed E-state index contributed by atoms with van der Waals surface area (Å²) in [4.78, 5) is 0. The third-order valence-electron chi connectivity index (χ3n) is 7.18. The van der Waals surface area contributed by atoms with Crippen LogP contribution in [0.3, 0.4) is 0 Å². The zero-order valence-corrected chi connectivity index (χ0v) is 16.7. The minimum atomic E-state index is -0.0323. The van der Waals surface area contributed by atoms with Gasteiger partial charge in [-0.2, -0.15) is 0 Å². The van der Waals surface area contributed by atoms with E-state index in [9.17, 15) is 0 Å². The molecule has 4 unspecified atom stereocenters. The highest BCUT2D eigenvalue weighted by molar-refractivity contribution is 14.1. The highest BCUT2D eigenvalue weighted by atomic mass is 127. The normalized spacial score (nSPS) is 37.3. The van der Waals surface area contributed by atoms with Crippen molar-refractivity contribution in [3.8, 4) is 5.75 Å². The molecule has 2 bridgehead atoms. The summed E-state index contributed by atoms with van der Waals surface area (Å²) >= 11 is 2.52. The summed E-state index contributed by atoms with van der Waals surface area (Å²) in [5.41, 5.74) is 2.03. The van der Waals surface area contributed by atoms with E-state index in [1.165, 1.54) is 31.2 Å². The molecule has 0 N–H and O–H groups in total. The predicted molar refractivity (Wildman–Crippen MR) is 102 cm³/mol. The average molecular weight is 412 g/mol. The summed E-state index contributed by atoms with van der Waals surface area (Å²) in [6, 6.07) is 8.81. The van der Waals surface area contributed by atoms with E-state index in [-0.39, 0.29) is 11.0 Å². The molecule has 1 aromatic carbocycles. The van der Waals surface area contributed by atoms with Gasteiger partial charge in [0.05, 0.1) is 0 Å². The molecule has 0 aromatic heterocycles. The standard InChI is InChI=1S/C20H29IO/c1-6-17(21)14-7-9-16(10-8-14)22-20(5)13-15-11-12-19(20,4)18(15,2)3/h7-10,15,17H,6,11-13H2,1-5H3. The largest absolute Gasteiger partial charge is 0.487 e. The molecule has 122 valence electrons. The summed E-state index contributed by atoms with van der Waals surface area (Å²) < 4.78 is 7.20. The van der Waals surface area contributed by atoms with E-state index >= 15 is 0 Å². The van der Waals surface area contributed by atoms with E-state index in [0.29, 0.717) is 9.34 Å². The van der Waals surface area contributed by atoms with Crippen molar-refractivity contribution in [3.63, 3.8) is 0 Å². The Kier molecular flexibility index (Phi) is 4.07. The van der Waals surface area contributed by atoms with Crippen molar-refractivity contribution >= 4 is 22.6 Å². The van der Waals surface area contributed by atoms with Gasteiger partial charge >= 0.3 is 0 Å². The second-order valence-electron chi connectivity index (χ2n) is 8.27. The predicted octanol–water partition coefficient (Wildman–Crippen LogP) is 6.56. The average Bonchev–Trinajstić information content (AvgIpc) is 2.79. The van der Waals surface area contributed by atoms with Gasteiger partial charge in [-0.3, -0.25) is 0 Å². The Labute approximate surface area is 149 Å². The van der Waals surface area contributed by atoms with Crippen molar-refractivity contribution in [3.05, 3.63) is 29.8 Å². The maximum atomic E-state index is 6.60. The molecular formula is C20H29IO. The zero-order valence-electron chi connectivity index (χ0n) is 14.6. The van der Waals surface area contributed by atoms with E-state index in [1.54, 1.807) is 0 Å². The van der Waals surface area contributed by atoms with Crippen molar-refractivity contribution in [2.75, 3.05) is 0 Å². The molecule has 1 nitrogen and oxygen atoms in total. The number of alkyl halides is 1. The smallest absolute Gasteiger partial charge is 0.120 e. The molecule has 2 saturated carbocycles. The van der Waals surface area contributed by atoms with Crippen LogP contribution in [0.1, 0.15) is 69.8 Å². The fourth-order valence-electron chi connectivity index (χ4n) is 4.99. The molecule has 22 heavy (non-hydrogen) atoms. The van der Waals surface area contributed by atoms with Crippen LogP contribution in [-0.2, 0) is 0 Å². The number of fused-ring (bicyclic) bond motifs is 2. The van der Waals surface area contributed by atoms with Crippen LogP contribution in [0.25, 0.3) is 0 Å². The minimum Gasteiger partial charge on any atom is -0.487 e. The summed E-state index contributed by atoms with van der Waals surface area (Å²) in [6.45, 7) is 11.9. The Balaban J connectivity index is 1.82. The third kappa shape index (κ3) is 2.23. The van der Waals surface area contributed by atoms with Crippen LogP contribution in [0.2, 0.25) is 0 Å². The molecule has 0 aliphatic heterocycles. The number of ether oxygens (including phenoxy) is 1. The second kappa shape index (κ2) is 5.39. The van der Waals surface area contributed by atoms with Crippen molar-refractivity contribution in [2.24, 2.45) is 16.7 Å². The fraction of sp³-hybridized carbons (Fsp3) is 0.700. The Morgan fingerprint density at radius 2 is 1.82 bits per heavy atom. The molecule has 4 atom stereocenters. The van der Waals surface area contributed by atoms with Gasteiger partial charge in [-0.25, -0.2) is 0 Å². The van der Waals surface area contributed by atoms with Gasteiger partial charge in [-0.1, -0.05) is 62.4 Å². The Morgan fingerprint density at radius 1 is 1.18 bits per heavy atom. The minimum absolute atomic E-state index is 0.0323. The SMILES string of the molecule is CCC(I)c1ccc(OC2(C)CC3CCC2(C)C3(C)C)cc1. The van der Waals surface area contributed by atoms with Gasteiger partial charge in [0.15, 0.2) is 0 Å². The van der Waals surface area contributed by atoms with Crippen LogP contribution in [0.4, 0.5) is 0 Å². The number of benzene rings is 1. The Hall–Kier alpha value is -0.250. The van der Waals surface area contributed by atoms with Crippen molar-refractivity contribution in [1.82, 2.24) is 0 Å². The topological polar surface area (TPSA) is 9.23 Å². The first-order chi connectivity index (χ1) is 10.2. The lowest BCUT2D eigenvalue weighted by molar-refractivity contribution is -0.0538. The van der Waals surface area contributed by atoms with Gasteiger partial charge in [0.1, 0.15) is 11.4 Å². The Bertz CT molecular complexity index is 549. The molecule has 2 aliphatic carbocycles. The van der Waals surface area contributed by atoms with E-state index in [4.69, 9.17) is 4.74 Å². The van der Waals surface area contributed by atoms with Crippen LogP contribution < -0.4 is 4.74 Å². The number of rotatable bonds is 4. The van der Waals surface area contributed by atoms with E-state index < -0.39 is 0 Å². The first-order valence-corrected chi connectivity index (χ1v) is 9.91. The molecule has 0 heterocycles. The highest BCUT2D eigenvalue weighted by Crippen LogP contribution is 2.70. The second-order valence-corrected chi connectivity index (χ2v) is 9.77. The zero-order chi connectivity index (χ0) is 16.2. The number of halogens is 1. The van der Waals surface area contributed by atoms with E-state index in [2.05, 4.69) is 81.5 Å². The van der Waals surface area contributed by atoms with Crippen LogP contribution in [0, 0.1) is 16.7 Å². The summed E-state index contributed by atoms with van der Waals surface area (Å²) in [7, 11) is 0. The molecule has 2 heteroatoms. The first-order valence-electron chi connectivity index (χ1n) is 8.66. The third-order valence-corrected chi connectivity index (χ3v) is 8.78. The molecule has 3 rings (SSSR count). The van der Waals surface area contributed by atoms with Gasteiger partial charge in [-0.15, -0.1) is 0 Å². The fourth-order valence-corrected chi connectivity index (χ4v) is 5.41. The van der Waals surface area contributed by atoms with Gasteiger partial charge in [0, 0.05) is 9.34 Å². The van der Waals surface area contributed by atoms with Gasteiger partial charge < -0.3 is 4.74 Å². The summed E-state index contributed by atoms with van der Waals surface area (Å²) in [5, 5.41) is 0. The Morgan fingerprint density at radius 3 is 2.27 bits per heavy atom. The lowest BCUT2D eigenvalue weighted by atomic mass is 9.65. The maximum Gasteiger partial charge on any atom is 0.120 e. The van der Waals surface area contributed by atoms with Crippen LogP contribution in [0.15, 0.2) is 24.3 Å². The molecule has 0 spiro atoms. The molecule has 0 saturated heterocycles. The summed E-state index contributed by atoms with van der Waals surface area (Å²) in [5.74, 6) is 1.84. The number of hydrogen-bond donors (Lipinski definition) is 0. The van der Waals surface area contributed by atoms with Crippen LogP contribution in [-0.4, -0.2) is 5.60 Å². The monoisotopic (exact) mass is 412 g/mol. The van der Waals surface area contributed by atoms with Crippen molar-refractivity contribution < 1.29 is 4.74 Å². The molecule has 0 radical (unpaired) electrons. The van der Waals surface area contributed by atoms with Crippen molar-refractivity contribution in [1.29, 1.82) is 0 Å². The van der Waals surface area contributed by atoms with Gasteiger partial charge in [0.25, 0.3) is 0 Å². The van der Waals surface area contributed by atoms with Gasteiger partial charge in [0.2, 0.25) is 0 Å². The van der Waals surface area contributed by atoms with E-state index in [1.807, 2.05) is 0 Å². The number of hydrogen-bond acceptors (Lipinski definition) is 1. The highest BCUT2D eigenvalue weighted by Gasteiger charge is 2.68. The van der Waals surface area contributed by atoms with Gasteiger partial charge in [-0.05, 0) is 61.6 Å². The van der Waals surface area contributed by atoms with Crippen molar-refractivity contribution in [2.45, 2.75) is 69.8 Å². The molecule has 1 aromatic rings. The van der Waals surface area contributed by atoms with Crippen LogP contribution >= 0.6 is 22.6 Å². The maximum absolute atomic E-state index is 6.60. The lowest BCUT2D eigenvalue weighted by Crippen LogP contribution is -2.49. The molecule has 2 fully saturated rings.